The van der Waals surface area contributed by atoms with E-state index in [-0.39, 0.29) is 76.8 Å². The summed E-state index contributed by atoms with van der Waals surface area (Å²) in [5.74, 6) is -8.13. The Morgan fingerprint density at radius 1 is 0.734 bits per heavy atom. The first kappa shape index (κ1) is 61.0. The molecule has 4 aromatic rings. The SMILES string of the molecule is CCCCC(NC(C)=O)C(=O)N[C@H]1CC(=O)NCCCC[C@@H](C(N)=O)NC(=O)[C@H](C)NC(=O)[C@H](Cc2c[nH]c3ccccc23)NC(=O)[C@H](CCCN=C(N)N)NC(=O)[C@H](Cc2ccccc2)NC(=O)[C@H](Cc2cnc[nH]2)NC1=O. The third-order valence-electron chi connectivity index (χ3n) is 13.1. The zero-order valence-electron chi connectivity index (χ0n) is 44.7. The average Bonchev–Trinajstić information content (AvgIpc) is 4.10. The van der Waals surface area contributed by atoms with Gasteiger partial charge in [-0.2, -0.15) is 0 Å². The number of fused-ring (bicyclic) bond motifs is 1. The number of guanidine groups is 1. The first-order valence-electron chi connectivity index (χ1n) is 26.4. The summed E-state index contributed by atoms with van der Waals surface area (Å²) in [5, 5.41) is 24.8. The van der Waals surface area contributed by atoms with Crippen LogP contribution in [0.4, 0.5) is 0 Å². The van der Waals surface area contributed by atoms with Gasteiger partial charge in [0.1, 0.15) is 48.3 Å². The Morgan fingerprint density at radius 2 is 1.38 bits per heavy atom. The molecular formula is C53H74N16O10. The van der Waals surface area contributed by atoms with Gasteiger partial charge in [-0.3, -0.25) is 52.9 Å². The van der Waals surface area contributed by atoms with Gasteiger partial charge in [0, 0.05) is 68.3 Å². The largest absolute Gasteiger partial charge is 0.370 e. The van der Waals surface area contributed by atoms with Crippen LogP contribution in [0.3, 0.4) is 0 Å². The second kappa shape index (κ2) is 30.8. The molecule has 1 aliphatic heterocycles. The summed E-state index contributed by atoms with van der Waals surface area (Å²) in [6.07, 6.45) is 5.38. The van der Waals surface area contributed by atoms with Gasteiger partial charge >= 0.3 is 0 Å². The van der Waals surface area contributed by atoms with E-state index < -0.39 is 114 Å². The number of nitrogens with two attached hydrogens (primary N) is 3. The Hall–Kier alpha value is -8.84. The molecule has 1 aliphatic rings. The van der Waals surface area contributed by atoms with E-state index in [0.29, 0.717) is 29.7 Å². The van der Waals surface area contributed by atoms with Crippen molar-refractivity contribution in [3.63, 3.8) is 0 Å². The number of carbonyl (C=O) groups excluding carboxylic acids is 10. The molecule has 0 saturated carbocycles. The average molecular weight is 1100 g/mol. The number of amides is 10. The zero-order chi connectivity index (χ0) is 57.4. The molecule has 10 amide bonds. The first-order chi connectivity index (χ1) is 37.8. The minimum atomic E-state index is -1.61. The number of aliphatic imine (C=N–C) groups is 1. The van der Waals surface area contributed by atoms with Gasteiger partial charge in [-0.25, -0.2) is 4.98 Å². The van der Waals surface area contributed by atoms with Gasteiger partial charge in [0.15, 0.2) is 5.96 Å². The lowest BCUT2D eigenvalue weighted by Gasteiger charge is -2.28. The lowest BCUT2D eigenvalue weighted by Crippen LogP contribution is -2.61. The fourth-order valence-corrected chi connectivity index (χ4v) is 8.80. The van der Waals surface area contributed by atoms with E-state index in [2.05, 4.69) is 67.8 Å². The number of hydrogen-bond donors (Lipinski definition) is 14. The Kier molecular flexibility index (Phi) is 23.8. The molecule has 0 spiro atoms. The van der Waals surface area contributed by atoms with Crippen LogP contribution in [0, 0.1) is 0 Å². The molecule has 1 saturated heterocycles. The van der Waals surface area contributed by atoms with Crippen LogP contribution in [-0.2, 0) is 67.2 Å². The van der Waals surface area contributed by atoms with E-state index in [1.54, 1.807) is 42.6 Å². The number of primary amides is 1. The summed E-state index contributed by atoms with van der Waals surface area (Å²) < 4.78 is 0. The van der Waals surface area contributed by atoms with Crippen LogP contribution < -0.4 is 65.1 Å². The molecule has 26 heteroatoms. The van der Waals surface area contributed by atoms with E-state index in [9.17, 15) is 47.9 Å². The van der Waals surface area contributed by atoms with Crippen molar-refractivity contribution in [3.05, 3.63) is 90.1 Å². The molecule has 2 aromatic carbocycles. The Morgan fingerprint density at radius 3 is 2.05 bits per heavy atom. The van der Waals surface area contributed by atoms with Crippen LogP contribution in [0.25, 0.3) is 10.9 Å². The van der Waals surface area contributed by atoms with E-state index in [1.165, 1.54) is 26.4 Å². The van der Waals surface area contributed by atoms with Crippen molar-refractivity contribution in [2.24, 2.45) is 22.2 Å². The van der Waals surface area contributed by atoms with E-state index in [1.807, 2.05) is 25.1 Å². The third kappa shape index (κ3) is 19.9. The molecule has 0 radical (unpaired) electrons. The van der Waals surface area contributed by atoms with Crippen molar-refractivity contribution < 1.29 is 47.9 Å². The second-order valence-electron chi connectivity index (χ2n) is 19.4. The van der Waals surface area contributed by atoms with Gasteiger partial charge in [-0.15, -0.1) is 0 Å². The highest BCUT2D eigenvalue weighted by Crippen LogP contribution is 2.20. The molecular weight excluding hydrogens is 1020 g/mol. The fraction of sp³-hybridized carbons (Fsp3) is 0.472. The van der Waals surface area contributed by atoms with Gasteiger partial charge in [-0.1, -0.05) is 68.3 Å². The number of carbonyl (C=O) groups is 10. The molecule has 2 aromatic heterocycles. The molecule has 0 aliphatic carbocycles. The van der Waals surface area contributed by atoms with E-state index in [4.69, 9.17) is 17.2 Å². The topological polar surface area (TPSA) is 414 Å². The quantitative estimate of drug-likeness (QED) is 0.0318. The second-order valence-corrected chi connectivity index (χ2v) is 19.4. The lowest BCUT2D eigenvalue weighted by molar-refractivity contribution is -0.136. The number of aromatic amines is 2. The lowest BCUT2D eigenvalue weighted by atomic mass is 10.0. The van der Waals surface area contributed by atoms with Crippen LogP contribution in [0.2, 0.25) is 0 Å². The summed E-state index contributed by atoms with van der Waals surface area (Å²) in [6.45, 7) is 4.57. The van der Waals surface area contributed by atoms with Crippen LogP contribution in [-0.4, -0.2) is 141 Å². The Bertz CT molecular complexity index is 2760. The van der Waals surface area contributed by atoms with Crippen LogP contribution in [0.5, 0.6) is 0 Å². The number of imidazole rings is 1. The monoisotopic (exact) mass is 1090 g/mol. The molecule has 5 rings (SSSR count). The van der Waals surface area contributed by atoms with E-state index >= 15 is 0 Å². The number of benzene rings is 2. The summed E-state index contributed by atoms with van der Waals surface area (Å²) in [4.78, 5) is 153. The smallest absolute Gasteiger partial charge is 0.243 e. The molecule has 17 N–H and O–H groups in total. The number of nitrogens with one attached hydrogen (secondary N) is 11. The summed E-state index contributed by atoms with van der Waals surface area (Å²) in [5.41, 5.74) is 19.2. The van der Waals surface area contributed by atoms with Gasteiger partial charge in [-0.05, 0) is 62.6 Å². The number of rotatable bonds is 17. The normalized spacial score (nSPS) is 22.1. The summed E-state index contributed by atoms with van der Waals surface area (Å²) in [6, 6.07) is 5.07. The number of H-pyrrole nitrogens is 2. The third-order valence-corrected chi connectivity index (χ3v) is 13.1. The van der Waals surface area contributed by atoms with Crippen molar-refractivity contribution in [2.45, 2.75) is 146 Å². The van der Waals surface area contributed by atoms with Gasteiger partial charge in [0.25, 0.3) is 0 Å². The number of para-hydroxylation sites is 1. The van der Waals surface area contributed by atoms with Gasteiger partial charge in [0.05, 0.1) is 12.7 Å². The minimum Gasteiger partial charge on any atom is -0.370 e. The van der Waals surface area contributed by atoms with Crippen LogP contribution in [0.1, 0.15) is 95.4 Å². The van der Waals surface area contributed by atoms with Crippen molar-refractivity contribution in [1.29, 1.82) is 0 Å². The number of aromatic nitrogens is 3. The zero-order valence-corrected chi connectivity index (χ0v) is 44.7. The van der Waals surface area contributed by atoms with E-state index in [0.717, 1.165) is 10.9 Å². The molecule has 0 bridgehead atoms. The first-order valence-corrected chi connectivity index (χ1v) is 26.4. The molecule has 1 unspecified atom stereocenters. The van der Waals surface area contributed by atoms with Crippen molar-refractivity contribution >= 4 is 75.9 Å². The highest BCUT2D eigenvalue weighted by Gasteiger charge is 2.35. The molecule has 1 fully saturated rings. The maximum atomic E-state index is 14.8. The fourth-order valence-electron chi connectivity index (χ4n) is 8.80. The minimum absolute atomic E-state index is 0.0222. The van der Waals surface area contributed by atoms with Crippen LogP contribution in [0.15, 0.2) is 78.3 Å². The van der Waals surface area contributed by atoms with Gasteiger partial charge < -0.3 is 75.0 Å². The number of nitrogens with zero attached hydrogens (tertiary/aromatic N) is 2. The molecule has 26 nitrogen and oxygen atoms in total. The predicted octanol–water partition coefficient (Wildman–Crippen LogP) is -1.74. The summed E-state index contributed by atoms with van der Waals surface area (Å²) >= 11 is 0. The van der Waals surface area contributed by atoms with Crippen LogP contribution >= 0.6 is 0 Å². The predicted molar refractivity (Wildman–Crippen MR) is 291 cm³/mol. The molecule has 3 heterocycles. The summed E-state index contributed by atoms with van der Waals surface area (Å²) in [7, 11) is 0. The van der Waals surface area contributed by atoms with Gasteiger partial charge in [0.2, 0.25) is 59.1 Å². The van der Waals surface area contributed by atoms with Crippen molar-refractivity contribution in [1.82, 2.24) is 62.8 Å². The maximum absolute atomic E-state index is 14.8. The number of hydrogen-bond acceptors (Lipinski definition) is 12. The highest BCUT2D eigenvalue weighted by molar-refractivity contribution is 5.99. The molecule has 79 heavy (non-hydrogen) atoms. The maximum Gasteiger partial charge on any atom is 0.243 e. The molecule has 8 atom stereocenters. The number of unbranched alkanes of at least 4 members (excludes halogenated alkanes) is 1. The Labute approximate surface area is 456 Å². The Balaban J connectivity index is 1.56. The van der Waals surface area contributed by atoms with Crippen molar-refractivity contribution in [2.75, 3.05) is 13.1 Å². The van der Waals surface area contributed by atoms with Crippen molar-refractivity contribution in [3.8, 4) is 0 Å². The standard InChI is InChI=1S/C53H74N16O10/c1-4-5-17-38(63-31(3)70)47(74)69-43-26-44(71)58-21-12-11-19-37(45(54)72)64-46(73)30(2)62-49(76)41(24-33-27-60-36-18-10-9-16-35(33)36)67-48(75)39(20-13-22-59-53(55)56)65-50(77)40(23-32-14-7-6-8-15-32)66-51(78)42(68-52(43)79)25-34-28-57-29-61-34/h6-10,14-16,18,27-30,37-43,60H,4-5,11-13,17,19-26H2,1-3H3,(H2,54,72)(H,57,61)(H,58,71)(H,62,76)(H,63,70)(H,64,73)(H,65,77)(H,66,78)(H,67,75)(H,68,79)(H,69,74)(H4,55,56,59)/t30-,37-,38?,39-,40-,41-,42-,43-/m0/s1. The molecule has 426 valence electrons. The highest BCUT2D eigenvalue weighted by atomic mass is 16.2.